The van der Waals surface area contributed by atoms with Gasteiger partial charge in [0.05, 0.1) is 0 Å². The van der Waals surface area contributed by atoms with Crippen molar-refractivity contribution in [3.63, 3.8) is 0 Å². The molecule has 1 fully saturated rings. The first kappa shape index (κ1) is 9.05. The normalized spacial score (nSPS) is 20.5. The van der Waals surface area contributed by atoms with Crippen molar-refractivity contribution in [2.45, 2.75) is 51.4 Å². The van der Waals surface area contributed by atoms with Crippen LogP contribution in [0, 0.1) is 5.92 Å². The molecule has 0 saturated heterocycles. The molecule has 1 rings (SSSR count). The van der Waals surface area contributed by atoms with Gasteiger partial charge in [-0.25, -0.2) is 0 Å². The molecular weight excluding hydrogens is 136 g/mol. The molecule has 0 atom stereocenters. The van der Waals surface area contributed by atoms with E-state index in [1.165, 1.54) is 44.9 Å². The lowest BCUT2D eigenvalue weighted by molar-refractivity contribution is 0.282. The molecule has 1 nitrogen and oxygen atoms in total. The molecule has 0 aliphatic heterocycles. The third-order valence-electron chi connectivity index (χ3n) is 2.50. The number of unbranched alkanes of at least 4 members (excludes halogenated alkanes) is 1. The van der Waals surface area contributed by atoms with Gasteiger partial charge in [-0.15, -0.1) is 0 Å². The second-order valence-electron chi connectivity index (χ2n) is 3.49. The van der Waals surface area contributed by atoms with Crippen LogP contribution < -0.4 is 0 Å². The Morgan fingerprint density at radius 3 is 2.36 bits per heavy atom. The largest absolute Gasteiger partial charge is 0.396 e. The summed E-state index contributed by atoms with van der Waals surface area (Å²) in [4.78, 5) is 0. The van der Waals surface area contributed by atoms with Crippen molar-refractivity contribution in [1.82, 2.24) is 0 Å². The monoisotopic (exact) mass is 155 g/mol. The summed E-state index contributed by atoms with van der Waals surface area (Å²) < 4.78 is 0. The van der Waals surface area contributed by atoms with Crippen LogP contribution in [0.5, 0.6) is 0 Å². The zero-order valence-electron chi connectivity index (χ0n) is 7.31. The van der Waals surface area contributed by atoms with Crippen LogP contribution in [-0.4, -0.2) is 11.7 Å². The first-order valence-corrected chi connectivity index (χ1v) is 4.88. The zero-order valence-corrected chi connectivity index (χ0v) is 7.31. The van der Waals surface area contributed by atoms with Gasteiger partial charge in [-0.05, 0) is 31.6 Å². The maximum Gasteiger partial charge on any atom is 0.0431 e. The Kier molecular flexibility index (Phi) is 4.60. The Morgan fingerprint density at radius 2 is 1.73 bits per heavy atom. The molecule has 0 heterocycles. The fourth-order valence-corrected chi connectivity index (χ4v) is 1.79. The summed E-state index contributed by atoms with van der Waals surface area (Å²) in [6.45, 7) is 0.368. The number of rotatable bonds is 4. The maximum atomic E-state index is 8.59. The van der Waals surface area contributed by atoms with Crippen molar-refractivity contribution in [3.8, 4) is 0 Å². The molecule has 11 heavy (non-hydrogen) atoms. The number of hydrogen-bond donors (Lipinski definition) is 1. The Hall–Kier alpha value is -0.0400. The Morgan fingerprint density at radius 1 is 1.00 bits per heavy atom. The average molecular weight is 155 g/mol. The van der Waals surface area contributed by atoms with Crippen molar-refractivity contribution in [2.75, 3.05) is 6.61 Å². The van der Waals surface area contributed by atoms with Crippen LogP contribution in [0.4, 0.5) is 0 Å². The molecular formula is C10H19O. The standard InChI is InChI=1S/C10H19O/c11-9-5-4-8-10-6-2-1-3-7-10/h11H,1-9H2. The van der Waals surface area contributed by atoms with Crippen molar-refractivity contribution >= 4 is 0 Å². The van der Waals surface area contributed by atoms with E-state index in [4.69, 9.17) is 5.11 Å². The smallest absolute Gasteiger partial charge is 0.0431 e. The van der Waals surface area contributed by atoms with E-state index in [0.717, 1.165) is 6.42 Å². The molecule has 65 valence electrons. The molecule has 1 aliphatic rings. The lowest BCUT2D eigenvalue weighted by atomic mass is 9.86. The van der Waals surface area contributed by atoms with Crippen LogP contribution >= 0.6 is 0 Å². The highest BCUT2D eigenvalue weighted by molar-refractivity contribution is 4.91. The molecule has 0 aromatic heterocycles. The van der Waals surface area contributed by atoms with Gasteiger partial charge < -0.3 is 5.11 Å². The van der Waals surface area contributed by atoms with Gasteiger partial charge in [-0.3, -0.25) is 0 Å². The number of aliphatic hydroxyl groups is 1. The summed E-state index contributed by atoms with van der Waals surface area (Å²) in [5.41, 5.74) is 0. The van der Waals surface area contributed by atoms with E-state index in [1.54, 1.807) is 5.92 Å². The van der Waals surface area contributed by atoms with Gasteiger partial charge in [0.15, 0.2) is 0 Å². The molecule has 1 N–H and O–H groups in total. The highest BCUT2D eigenvalue weighted by Gasteiger charge is 2.12. The van der Waals surface area contributed by atoms with Gasteiger partial charge in [0.2, 0.25) is 0 Å². The second kappa shape index (κ2) is 5.59. The average Bonchev–Trinajstić information content (AvgIpc) is 2.07. The summed E-state index contributed by atoms with van der Waals surface area (Å²) in [7, 11) is 0. The highest BCUT2D eigenvalue weighted by Crippen LogP contribution is 2.29. The molecule has 0 unspecified atom stereocenters. The summed E-state index contributed by atoms with van der Waals surface area (Å²) in [5, 5.41) is 8.59. The fourth-order valence-electron chi connectivity index (χ4n) is 1.79. The molecule has 1 radical (unpaired) electrons. The highest BCUT2D eigenvalue weighted by atomic mass is 16.2. The van der Waals surface area contributed by atoms with E-state index in [-0.39, 0.29) is 0 Å². The van der Waals surface area contributed by atoms with Crippen molar-refractivity contribution in [2.24, 2.45) is 0 Å². The summed E-state index contributed by atoms with van der Waals surface area (Å²) >= 11 is 0. The molecule has 1 heteroatoms. The maximum absolute atomic E-state index is 8.59. The van der Waals surface area contributed by atoms with Crippen LogP contribution in [-0.2, 0) is 0 Å². The first-order chi connectivity index (χ1) is 5.43. The third kappa shape index (κ3) is 3.76. The minimum absolute atomic E-state index is 0.368. The van der Waals surface area contributed by atoms with Crippen LogP contribution in [0.2, 0.25) is 0 Å². The van der Waals surface area contributed by atoms with E-state index < -0.39 is 0 Å². The summed E-state index contributed by atoms with van der Waals surface area (Å²) in [5.74, 6) is 1.75. The van der Waals surface area contributed by atoms with Gasteiger partial charge in [-0.2, -0.15) is 0 Å². The van der Waals surface area contributed by atoms with E-state index in [9.17, 15) is 0 Å². The van der Waals surface area contributed by atoms with E-state index in [2.05, 4.69) is 0 Å². The molecule has 0 amide bonds. The van der Waals surface area contributed by atoms with Gasteiger partial charge in [0.1, 0.15) is 0 Å². The molecule has 0 spiro atoms. The van der Waals surface area contributed by atoms with Crippen LogP contribution in [0.15, 0.2) is 0 Å². The fraction of sp³-hybridized carbons (Fsp3) is 0.900. The van der Waals surface area contributed by atoms with Crippen molar-refractivity contribution in [1.29, 1.82) is 0 Å². The second-order valence-corrected chi connectivity index (χ2v) is 3.49. The number of hydrogen-bond acceptors (Lipinski definition) is 1. The molecule has 0 aromatic carbocycles. The van der Waals surface area contributed by atoms with Gasteiger partial charge in [-0.1, -0.05) is 25.7 Å². The van der Waals surface area contributed by atoms with Crippen molar-refractivity contribution in [3.05, 3.63) is 5.92 Å². The SMILES string of the molecule is OCCCC[C]1CCCCC1. The van der Waals surface area contributed by atoms with E-state index in [0.29, 0.717) is 6.61 Å². The van der Waals surface area contributed by atoms with E-state index in [1.807, 2.05) is 0 Å². The Bertz CT molecular complexity index is 84.9. The molecule has 0 bridgehead atoms. The molecule has 1 aliphatic carbocycles. The topological polar surface area (TPSA) is 20.2 Å². The predicted octanol–water partition coefficient (Wildman–Crippen LogP) is 2.69. The van der Waals surface area contributed by atoms with E-state index >= 15 is 0 Å². The zero-order chi connectivity index (χ0) is 7.94. The van der Waals surface area contributed by atoms with Gasteiger partial charge in [0, 0.05) is 6.61 Å². The van der Waals surface area contributed by atoms with Crippen molar-refractivity contribution < 1.29 is 5.11 Å². The minimum Gasteiger partial charge on any atom is -0.396 e. The third-order valence-corrected chi connectivity index (χ3v) is 2.50. The quantitative estimate of drug-likeness (QED) is 0.619. The number of aliphatic hydroxyl groups excluding tert-OH is 1. The van der Waals surface area contributed by atoms with Crippen LogP contribution in [0.25, 0.3) is 0 Å². The Labute approximate surface area is 69.8 Å². The lowest BCUT2D eigenvalue weighted by Crippen LogP contribution is -2.03. The molecule has 0 aromatic rings. The molecule has 1 saturated carbocycles. The predicted molar refractivity (Wildman–Crippen MR) is 47.3 cm³/mol. The van der Waals surface area contributed by atoms with Gasteiger partial charge in [0.25, 0.3) is 0 Å². The Balaban J connectivity index is 1.96. The summed E-state index contributed by atoms with van der Waals surface area (Å²) in [6, 6.07) is 0. The summed E-state index contributed by atoms with van der Waals surface area (Å²) in [6.07, 6.45) is 10.5. The van der Waals surface area contributed by atoms with Crippen LogP contribution in [0.3, 0.4) is 0 Å². The van der Waals surface area contributed by atoms with Crippen LogP contribution in [0.1, 0.15) is 51.4 Å². The minimum atomic E-state index is 0.368. The first-order valence-electron chi connectivity index (χ1n) is 4.88. The lowest BCUT2D eigenvalue weighted by Gasteiger charge is -2.20. The van der Waals surface area contributed by atoms with Gasteiger partial charge >= 0.3 is 0 Å².